The van der Waals surface area contributed by atoms with Crippen LogP contribution in [0.2, 0.25) is 5.02 Å². The number of hydrogen-bond donors (Lipinski definition) is 1. The topological polar surface area (TPSA) is 29.5 Å². The summed E-state index contributed by atoms with van der Waals surface area (Å²) < 4.78 is 5.36. The number of hydrogen-bond acceptors (Lipinski definition) is 2. The Morgan fingerprint density at radius 2 is 1.94 bits per heavy atom. The highest BCUT2D eigenvalue weighted by molar-refractivity contribution is 6.30. The van der Waals surface area contributed by atoms with Gasteiger partial charge in [-0.25, -0.2) is 0 Å². The minimum Gasteiger partial charge on any atom is -0.496 e. The zero-order valence-electron chi connectivity index (χ0n) is 11.1. The third-order valence-corrected chi connectivity index (χ3v) is 4.34. The molecule has 0 spiro atoms. The minimum atomic E-state index is -0.864. The molecule has 1 atom stereocenters. The lowest BCUT2D eigenvalue weighted by atomic mass is 9.74. The monoisotopic (exact) mass is 268 g/mol. The van der Waals surface area contributed by atoms with Crippen LogP contribution < -0.4 is 4.74 Å². The fourth-order valence-electron chi connectivity index (χ4n) is 2.96. The van der Waals surface area contributed by atoms with Crippen LogP contribution in [0.15, 0.2) is 18.2 Å². The quantitative estimate of drug-likeness (QED) is 0.893. The van der Waals surface area contributed by atoms with Crippen molar-refractivity contribution in [1.29, 1.82) is 0 Å². The molecule has 1 aromatic carbocycles. The van der Waals surface area contributed by atoms with Crippen molar-refractivity contribution in [2.75, 3.05) is 7.11 Å². The molecule has 1 aromatic rings. The van der Waals surface area contributed by atoms with Gasteiger partial charge in [0.1, 0.15) is 5.75 Å². The van der Waals surface area contributed by atoms with E-state index >= 15 is 0 Å². The second-order valence-electron chi connectivity index (χ2n) is 5.33. The minimum absolute atomic E-state index is 0.290. The third-order valence-electron chi connectivity index (χ3n) is 4.11. The maximum atomic E-state index is 10.9. The standard InChI is InChI=1S/C15H21ClO2/c1-15(17,11-6-4-3-5-7-11)13-10-12(16)8-9-14(13)18-2/h8-11,17H,3-7H2,1-2H3. The van der Waals surface area contributed by atoms with Gasteiger partial charge in [-0.2, -0.15) is 0 Å². The van der Waals surface area contributed by atoms with Crippen molar-refractivity contribution in [2.45, 2.75) is 44.6 Å². The van der Waals surface area contributed by atoms with Gasteiger partial charge in [-0.15, -0.1) is 0 Å². The Balaban J connectivity index is 2.35. The van der Waals surface area contributed by atoms with Gasteiger partial charge in [0.25, 0.3) is 0 Å². The summed E-state index contributed by atoms with van der Waals surface area (Å²) in [5.41, 5.74) is -0.0548. The molecule has 0 saturated heterocycles. The van der Waals surface area contributed by atoms with Crippen LogP contribution in [0, 0.1) is 5.92 Å². The fourth-order valence-corrected chi connectivity index (χ4v) is 3.13. The molecule has 0 aliphatic heterocycles. The highest BCUT2D eigenvalue weighted by atomic mass is 35.5. The first-order valence-electron chi connectivity index (χ1n) is 6.62. The maximum Gasteiger partial charge on any atom is 0.125 e. The summed E-state index contributed by atoms with van der Waals surface area (Å²) in [6, 6.07) is 5.45. The number of benzene rings is 1. The Morgan fingerprint density at radius 1 is 1.28 bits per heavy atom. The summed E-state index contributed by atoms with van der Waals surface area (Å²) in [6.07, 6.45) is 5.82. The third kappa shape index (κ3) is 2.65. The summed E-state index contributed by atoms with van der Waals surface area (Å²) in [5.74, 6) is 1.01. The van der Waals surface area contributed by atoms with E-state index in [4.69, 9.17) is 16.3 Å². The molecule has 1 fully saturated rings. The van der Waals surface area contributed by atoms with Crippen LogP contribution in [0.4, 0.5) is 0 Å². The Hall–Kier alpha value is -0.730. The van der Waals surface area contributed by atoms with E-state index in [1.165, 1.54) is 19.3 Å². The Bertz CT molecular complexity index is 409. The number of ether oxygens (including phenoxy) is 1. The molecule has 0 radical (unpaired) electrons. The summed E-state index contributed by atoms with van der Waals surface area (Å²) in [6.45, 7) is 1.89. The SMILES string of the molecule is COc1ccc(Cl)cc1C(C)(O)C1CCCCC1. The van der Waals surface area contributed by atoms with Gasteiger partial charge in [0, 0.05) is 10.6 Å². The van der Waals surface area contributed by atoms with Crippen molar-refractivity contribution in [3.05, 3.63) is 28.8 Å². The van der Waals surface area contributed by atoms with E-state index in [1.807, 2.05) is 19.1 Å². The number of methoxy groups -OCH3 is 1. The van der Waals surface area contributed by atoms with Crippen LogP contribution in [-0.2, 0) is 5.60 Å². The molecule has 2 nitrogen and oxygen atoms in total. The van der Waals surface area contributed by atoms with Crippen LogP contribution in [0.1, 0.15) is 44.6 Å². The Morgan fingerprint density at radius 3 is 2.56 bits per heavy atom. The summed E-state index contributed by atoms with van der Waals surface area (Å²) >= 11 is 6.05. The average molecular weight is 269 g/mol. The number of aliphatic hydroxyl groups is 1. The molecule has 1 unspecified atom stereocenters. The summed E-state index contributed by atoms with van der Waals surface area (Å²) in [5, 5.41) is 11.5. The number of rotatable bonds is 3. The molecule has 0 heterocycles. The highest BCUT2D eigenvalue weighted by Crippen LogP contribution is 2.43. The second-order valence-corrected chi connectivity index (χ2v) is 5.76. The molecule has 18 heavy (non-hydrogen) atoms. The molecule has 1 N–H and O–H groups in total. The summed E-state index contributed by atoms with van der Waals surface area (Å²) in [4.78, 5) is 0. The van der Waals surface area contributed by atoms with Crippen LogP contribution in [0.3, 0.4) is 0 Å². The lowest BCUT2D eigenvalue weighted by Gasteiger charge is -2.36. The van der Waals surface area contributed by atoms with Crippen LogP contribution in [0.5, 0.6) is 5.75 Å². The van der Waals surface area contributed by atoms with Gasteiger partial charge < -0.3 is 9.84 Å². The largest absolute Gasteiger partial charge is 0.496 e. The Kier molecular flexibility index (Phi) is 4.18. The van der Waals surface area contributed by atoms with Gasteiger partial charge in [0.15, 0.2) is 0 Å². The predicted octanol–water partition coefficient (Wildman–Crippen LogP) is 4.14. The molecule has 3 heteroatoms. The molecule has 0 bridgehead atoms. The maximum absolute atomic E-state index is 10.9. The molecule has 1 saturated carbocycles. The van der Waals surface area contributed by atoms with Gasteiger partial charge in [-0.05, 0) is 43.9 Å². The molecule has 0 amide bonds. The van der Waals surface area contributed by atoms with E-state index in [0.29, 0.717) is 10.9 Å². The number of halogens is 1. The first kappa shape index (κ1) is 13.7. The lowest BCUT2D eigenvalue weighted by molar-refractivity contribution is -0.0231. The highest BCUT2D eigenvalue weighted by Gasteiger charge is 2.36. The normalized spacial score (nSPS) is 20.4. The van der Waals surface area contributed by atoms with Crippen molar-refractivity contribution >= 4 is 11.6 Å². The predicted molar refractivity (Wildman–Crippen MR) is 74.1 cm³/mol. The van der Waals surface area contributed by atoms with Crippen molar-refractivity contribution in [2.24, 2.45) is 5.92 Å². The Labute approximate surface area is 114 Å². The van der Waals surface area contributed by atoms with Gasteiger partial charge in [-0.1, -0.05) is 30.9 Å². The molecule has 1 aliphatic carbocycles. The average Bonchev–Trinajstić information content (AvgIpc) is 2.39. The second kappa shape index (κ2) is 5.50. The van der Waals surface area contributed by atoms with E-state index in [9.17, 15) is 5.11 Å². The van der Waals surface area contributed by atoms with E-state index in [-0.39, 0.29) is 0 Å². The molecular formula is C15H21ClO2. The van der Waals surface area contributed by atoms with E-state index in [0.717, 1.165) is 24.2 Å². The van der Waals surface area contributed by atoms with Crippen molar-refractivity contribution in [1.82, 2.24) is 0 Å². The zero-order valence-corrected chi connectivity index (χ0v) is 11.8. The van der Waals surface area contributed by atoms with Crippen LogP contribution in [-0.4, -0.2) is 12.2 Å². The molecule has 2 rings (SSSR count). The van der Waals surface area contributed by atoms with Gasteiger partial charge in [0.2, 0.25) is 0 Å². The van der Waals surface area contributed by atoms with Crippen LogP contribution >= 0.6 is 11.6 Å². The molecular weight excluding hydrogens is 248 g/mol. The van der Waals surface area contributed by atoms with Crippen molar-refractivity contribution in [3.8, 4) is 5.75 Å². The molecule has 0 aromatic heterocycles. The summed E-state index contributed by atoms with van der Waals surface area (Å²) in [7, 11) is 1.63. The van der Waals surface area contributed by atoms with E-state index in [1.54, 1.807) is 13.2 Å². The molecule has 1 aliphatic rings. The van der Waals surface area contributed by atoms with Gasteiger partial charge in [-0.3, -0.25) is 0 Å². The molecule has 100 valence electrons. The van der Waals surface area contributed by atoms with E-state index < -0.39 is 5.60 Å². The first-order chi connectivity index (χ1) is 8.55. The van der Waals surface area contributed by atoms with Crippen LogP contribution in [0.25, 0.3) is 0 Å². The van der Waals surface area contributed by atoms with Gasteiger partial charge in [0.05, 0.1) is 12.7 Å². The van der Waals surface area contributed by atoms with E-state index in [2.05, 4.69) is 0 Å². The smallest absolute Gasteiger partial charge is 0.125 e. The first-order valence-corrected chi connectivity index (χ1v) is 7.00. The lowest BCUT2D eigenvalue weighted by Crippen LogP contribution is -2.33. The van der Waals surface area contributed by atoms with Gasteiger partial charge >= 0.3 is 0 Å². The van der Waals surface area contributed by atoms with Crippen molar-refractivity contribution < 1.29 is 9.84 Å². The van der Waals surface area contributed by atoms with Crippen molar-refractivity contribution in [3.63, 3.8) is 0 Å². The zero-order chi connectivity index (χ0) is 13.2. The fraction of sp³-hybridized carbons (Fsp3) is 0.600.